The molecule has 0 bridgehead atoms. The molecule has 0 fully saturated rings. The Morgan fingerprint density at radius 3 is 2.57 bits per heavy atom. The van der Waals surface area contributed by atoms with Crippen molar-refractivity contribution in [2.24, 2.45) is 0 Å². The maximum absolute atomic E-state index is 9.69. The summed E-state index contributed by atoms with van der Waals surface area (Å²) < 4.78 is 0. The minimum atomic E-state index is -0.462. The van der Waals surface area contributed by atoms with Crippen LogP contribution in [-0.4, -0.2) is 22.9 Å². The summed E-state index contributed by atoms with van der Waals surface area (Å²) in [4.78, 5) is 0. The molecule has 2 nitrogen and oxygen atoms in total. The van der Waals surface area contributed by atoms with E-state index in [1.54, 1.807) is 12.2 Å². The summed E-state index contributed by atoms with van der Waals surface area (Å²) >= 11 is 0. The van der Waals surface area contributed by atoms with Crippen molar-refractivity contribution >= 4 is 0 Å². The van der Waals surface area contributed by atoms with Crippen molar-refractivity contribution in [1.29, 1.82) is 0 Å². The van der Waals surface area contributed by atoms with Crippen molar-refractivity contribution < 1.29 is 10.2 Å². The van der Waals surface area contributed by atoms with E-state index in [1.807, 2.05) is 0 Å². The fourth-order valence-electron chi connectivity index (χ4n) is 1.39. The summed E-state index contributed by atoms with van der Waals surface area (Å²) in [6.45, 7) is 5.74. The SMILES string of the molecule is C=C/C(=C\CO)C(O)CCCCCC. The molecule has 0 amide bonds. The second-order valence-corrected chi connectivity index (χ2v) is 3.46. The van der Waals surface area contributed by atoms with Gasteiger partial charge in [-0.2, -0.15) is 0 Å². The molecule has 0 aromatic heterocycles. The smallest absolute Gasteiger partial charge is 0.0787 e. The van der Waals surface area contributed by atoms with Crippen LogP contribution in [0.4, 0.5) is 0 Å². The highest BCUT2D eigenvalue weighted by Gasteiger charge is 2.06. The Balaban J connectivity index is 3.75. The predicted molar refractivity (Wildman–Crippen MR) is 60.1 cm³/mol. The normalized spacial score (nSPS) is 14.1. The van der Waals surface area contributed by atoms with Gasteiger partial charge < -0.3 is 10.2 Å². The van der Waals surface area contributed by atoms with Crippen molar-refractivity contribution in [3.63, 3.8) is 0 Å². The van der Waals surface area contributed by atoms with E-state index in [0.29, 0.717) is 0 Å². The Morgan fingerprint density at radius 1 is 1.36 bits per heavy atom. The van der Waals surface area contributed by atoms with Gasteiger partial charge >= 0.3 is 0 Å². The molecule has 0 radical (unpaired) electrons. The third-order valence-corrected chi connectivity index (χ3v) is 2.28. The van der Waals surface area contributed by atoms with E-state index >= 15 is 0 Å². The van der Waals surface area contributed by atoms with Gasteiger partial charge in [0.1, 0.15) is 0 Å². The largest absolute Gasteiger partial charge is 0.392 e. The zero-order valence-corrected chi connectivity index (χ0v) is 9.08. The van der Waals surface area contributed by atoms with Crippen LogP contribution in [0.1, 0.15) is 39.0 Å². The van der Waals surface area contributed by atoms with E-state index in [9.17, 15) is 5.11 Å². The Bertz CT molecular complexity index is 173. The third-order valence-electron chi connectivity index (χ3n) is 2.28. The Morgan fingerprint density at radius 2 is 2.07 bits per heavy atom. The van der Waals surface area contributed by atoms with Crippen LogP contribution in [0.15, 0.2) is 24.3 Å². The van der Waals surface area contributed by atoms with Gasteiger partial charge in [0.05, 0.1) is 12.7 Å². The molecule has 0 aliphatic carbocycles. The molecule has 0 saturated heterocycles. The van der Waals surface area contributed by atoms with Crippen LogP contribution in [-0.2, 0) is 0 Å². The highest BCUT2D eigenvalue weighted by atomic mass is 16.3. The van der Waals surface area contributed by atoms with Crippen LogP contribution >= 0.6 is 0 Å². The Hall–Kier alpha value is -0.600. The fourth-order valence-corrected chi connectivity index (χ4v) is 1.39. The van der Waals surface area contributed by atoms with Crippen LogP contribution in [0.3, 0.4) is 0 Å². The van der Waals surface area contributed by atoms with Gasteiger partial charge in [-0.15, -0.1) is 0 Å². The van der Waals surface area contributed by atoms with Gasteiger partial charge in [0, 0.05) is 0 Å². The highest BCUT2D eigenvalue weighted by Crippen LogP contribution is 2.12. The molecule has 1 unspecified atom stereocenters. The molecule has 0 aliphatic rings. The van der Waals surface area contributed by atoms with Gasteiger partial charge in [-0.1, -0.05) is 51.3 Å². The maximum Gasteiger partial charge on any atom is 0.0787 e. The van der Waals surface area contributed by atoms with Gasteiger partial charge in [0.15, 0.2) is 0 Å². The van der Waals surface area contributed by atoms with E-state index in [1.165, 1.54) is 12.8 Å². The molecular weight excluding hydrogens is 176 g/mol. The van der Waals surface area contributed by atoms with Crippen LogP contribution in [0.2, 0.25) is 0 Å². The van der Waals surface area contributed by atoms with Crippen LogP contribution in [0.25, 0.3) is 0 Å². The number of unbranched alkanes of at least 4 members (excludes halogenated alkanes) is 3. The lowest BCUT2D eigenvalue weighted by Gasteiger charge is -2.11. The van der Waals surface area contributed by atoms with Crippen LogP contribution in [0, 0.1) is 0 Å². The van der Waals surface area contributed by atoms with Gasteiger partial charge in [-0.25, -0.2) is 0 Å². The molecule has 0 saturated carbocycles. The van der Waals surface area contributed by atoms with Gasteiger partial charge in [0.2, 0.25) is 0 Å². The van der Waals surface area contributed by atoms with Gasteiger partial charge in [-0.3, -0.25) is 0 Å². The molecule has 14 heavy (non-hydrogen) atoms. The molecule has 82 valence electrons. The van der Waals surface area contributed by atoms with E-state index in [2.05, 4.69) is 13.5 Å². The lowest BCUT2D eigenvalue weighted by Crippen LogP contribution is -2.09. The summed E-state index contributed by atoms with van der Waals surface area (Å²) in [7, 11) is 0. The molecule has 2 N–H and O–H groups in total. The zero-order chi connectivity index (χ0) is 10.8. The second-order valence-electron chi connectivity index (χ2n) is 3.46. The lowest BCUT2D eigenvalue weighted by molar-refractivity contribution is 0.198. The first kappa shape index (κ1) is 13.4. The zero-order valence-electron chi connectivity index (χ0n) is 9.08. The Kier molecular flexibility index (Phi) is 8.59. The average Bonchev–Trinajstić information content (AvgIpc) is 2.20. The van der Waals surface area contributed by atoms with E-state index in [-0.39, 0.29) is 6.61 Å². The van der Waals surface area contributed by atoms with E-state index in [0.717, 1.165) is 24.8 Å². The molecule has 0 aliphatic heterocycles. The van der Waals surface area contributed by atoms with Crippen molar-refractivity contribution in [2.75, 3.05) is 6.61 Å². The first-order valence-corrected chi connectivity index (χ1v) is 5.37. The molecular formula is C12H22O2. The summed E-state index contributed by atoms with van der Waals surface area (Å²) in [6, 6.07) is 0. The van der Waals surface area contributed by atoms with Gasteiger partial charge in [-0.05, 0) is 12.0 Å². The monoisotopic (exact) mass is 198 g/mol. The van der Waals surface area contributed by atoms with E-state index < -0.39 is 6.10 Å². The first-order chi connectivity index (χ1) is 6.76. The van der Waals surface area contributed by atoms with E-state index in [4.69, 9.17) is 5.11 Å². The molecule has 0 aromatic carbocycles. The standard InChI is InChI=1S/C12H22O2/c1-3-5-6-7-8-12(14)11(4-2)9-10-13/h4,9,12-14H,2-3,5-8,10H2,1H3/b11-9+. The van der Waals surface area contributed by atoms with Crippen molar-refractivity contribution in [2.45, 2.75) is 45.1 Å². The van der Waals surface area contributed by atoms with Crippen LogP contribution < -0.4 is 0 Å². The molecule has 1 atom stereocenters. The van der Waals surface area contributed by atoms with Crippen molar-refractivity contribution in [3.8, 4) is 0 Å². The third kappa shape index (κ3) is 5.95. The van der Waals surface area contributed by atoms with Gasteiger partial charge in [0.25, 0.3) is 0 Å². The predicted octanol–water partition coefficient (Wildman–Crippen LogP) is 2.42. The average molecular weight is 198 g/mol. The van der Waals surface area contributed by atoms with Crippen molar-refractivity contribution in [3.05, 3.63) is 24.3 Å². The molecule has 2 heteroatoms. The fraction of sp³-hybridized carbons (Fsp3) is 0.667. The van der Waals surface area contributed by atoms with Crippen LogP contribution in [0.5, 0.6) is 0 Å². The van der Waals surface area contributed by atoms with Crippen molar-refractivity contribution in [1.82, 2.24) is 0 Å². The number of aliphatic hydroxyl groups excluding tert-OH is 2. The quantitative estimate of drug-likeness (QED) is 0.464. The summed E-state index contributed by atoms with van der Waals surface area (Å²) in [5.74, 6) is 0. The molecule has 0 rings (SSSR count). The maximum atomic E-state index is 9.69. The number of aliphatic hydroxyl groups is 2. The minimum Gasteiger partial charge on any atom is -0.392 e. The lowest BCUT2D eigenvalue weighted by atomic mass is 10.0. The first-order valence-electron chi connectivity index (χ1n) is 5.37. The number of hydrogen-bond acceptors (Lipinski definition) is 2. The summed E-state index contributed by atoms with van der Waals surface area (Å²) in [5.41, 5.74) is 0.740. The highest BCUT2D eigenvalue weighted by molar-refractivity contribution is 5.20. The number of hydrogen-bond donors (Lipinski definition) is 2. The molecule has 0 spiro atoms. The second kappa shape index (κ2) is 8.97. The minimum absolute atomic E-state index is 0.0344. The molecule has 0 aromatic rings. The molecule has 0 heterocycles. The Labute approximate surface area is 87.0 Å². The summed E-state index contributed by atoms with van der Waals surface area (Å²) in [6.07, 6.45) is 8.15. The topological polar surface area (TPSA) is 40.5 Å². The summed E-state index contributed by atoms with van der Waals surface area (Å²) in [5, 5.41) is 18.4. The number of rotatable bonds is 8.